The zero-order valence-electron chi connectivity index (χ0n) is 13.8. The van der Waals surface area contributed by atoms with E-state index < -0.39 is 0 Å². The SMILES string of the molecule is Cc1cc(C)c(C#N)c(SCC(=O)NC(C)c2ccc(F)cc2)n1. The maximum atomic E-state index is 12.9. The summed E-state index contributed by atoms with van der Waals surface area (Å²) in [5, 5.41) is 12.7. The van der Waals surface area contributed by atoms with Crippen molar-refractivity contribution in [3.8, 4) is 6.07 Å². The van der Waals surface area contributed by atoms with Crippen LogP contribution in [0.3, 0.4) is 0 Å². The van der Waals surface area contributed by atoms with Gasteiger partial charge in [0, 0.05) is 5.69 Å². The fraction of sp³-hybridized carbons (Fsp3) is 0.278. The Bertz CT molecular complexity index is 784. The average Bonchev–Trinajstić information content (AvgIpc) is 2.53. The second-order valence-corrected chi connectivity index (χ2v) is 6.47. The third-order valence-corrected chi connectivity index (χ3v) is 4.49. The van der Waals surface area contributed by atoms with Crippen LogP contribution in [-0.2, 0) is 4.79 Å². The molecule has 1 aromatic carbocycles. The lowest BCUT2D eigenvalue weighted by atomic mass is 10.1. The zero-order valence-corrected chi connectivity index (χ0v) is 14.6. The van der Waals surface area contributed by atoms with Gasteiger partial charge in [0.05, 0.1) is 17.4 Å². The van der Waals surface area contributed by atoms with E-state index in [1.54, 1.807) is 12.1 Å². The Hall–Kier alpha value is -2.39. The molecule has 2 aromatic rings. The maximum absolute atomic E-state index is 12.9. The molecule has 0 bridgehead atoms. The van der Waals surface area contributed by atoms with E-state index in [2.05, 4.69) is 16.4 Å². The summed E-state index contributed by atoms with van der Waals surface area (Å²) in [5.41, 5.74) is 3.00. The van der Waals surface area contributed by atoms with Crippen LogP contribution in [-0.4, -0.2) is 16.6 Å². The molecule has 24 heavy (non-hydrogen) atoms. The van der Waals surface area contributed by atoms with E-state index in [-0.39, 0.29) is 23.5 Å². The van der Waals surface area contributed by atoms with E-state index in [1.165, 1.54) is 23.9 Å². The molecule has 1 atom stereocenters. The number of nitriles is 1. The van der Waals surface area contributed by atoms with Gasteiger partial charge in [-0.1, -0.05) is 23.9 Å². The molecule has 1 heterocycles. The lowest BCUT2D eigenvalue weighted by Gasteiger charge is -2.14. The van der Waals surface area contributed by atoms with Crippen LogP contribution in [0.15, 0.2) is 35.4 Å². The van der Waals surface area contributed by atoms with E-state index in [4.69, 9.17) is 0 Å². The third kappa shape index (κ3) is 4.56. The molecule has 0 saturated heterocycles. The number of amides is 1. The van der Waals surface area contributed by atoms with Crippen molar-refractivity contribution in [1.82, 2.24) is 10.3 Å². The Morgan fingerprint density at radius 3 is 2.67 bits per heavy atom. The number of aromatic nitrogens is 1. The van der Waals surface area contributed by atoms with Crippen LogP contribution in [0.5, 0.6) is 0 Å². The number of rotatable bonds is 5. The summed E-state index contributed by atoms with van der Waals surface area (Å²) in [6.07, 6.45) is 0. The summed E-state index contributed by atoms with van der Waals surface area (Å²) in [6.45, 7) is 5.55. The molecule has 0 aliphatic rings. The second-order valence-electron chi connectivity index (χ2n) is 5.50. The summed E-state index contributed by atoms with van der Waals surface area (Å²) < 4.78 is 12.9. The molecule has 0 aliphatic carbocycles. The molecule has 124 valence electrons. The van der Waals surface area contributed by atoms with E-state index in [0.717, 1.165) is 16.8 Å². The number of halogens is 1. The number of hydrogen-bond acceptors (Lipinski definition) is 4. The molecule has 1 amide bonds. The van der Waals surface area contributed by atoms with Crippen molar-refractivity contribution in [3.05, 3.63) is 58.5 Å². The van der Waals surface area contributed by atoms with Crippen molar-refractivity contribution in [2.45, 2.75) is 31.8 Å². The van der Waals surface area contributed by atoms with Crippen molar-refractivity contribution in [3.63, 3.8) is 0 Å². The van der Waals surface area contributed by atoms with Crippen molar-refractivity contribution in [2.24, 2.45) is 0 Å². The highest BCUT2D eigenvalue weighted by Crippen LogP contribution is 2.23. The highest BCUT2D eigenvalue weighted by molar-refractivity contribution is 8.00. The number of hydrogen-bond donors (Lipinski definition) is 1. The van der Waals surface area contributed by atoms with Gasteiger partial charge < -0.3 is 5.32 Å². The van der Waals surface area contributed by atoms with Gasteiger partial charge in [-0.25, -0.2) is 9.37 Å². The first-order valence-corrected chi connectivity index (χ1v) is 8.45. The number of carbonyl (C=O) groups is 1. The van der Waals surface area contributed by atoms with E-state index in [0.29, 0.717) is 10.6 Å². The first-order valence-electron chi connectivity index (χ1n) is 7.46. The average molecular weight is 343 g/mol. The zero-order chi connectivity index (χ0) is 17.7. The highest BCUT2D eigenvalue weighted by atomic mass is 32.2. The minimum absolute atomic E-state index is 0.163. The molecule has 1 unspecified atom stereocenters. The van der Waals surface area contributed by atoms with E-state index in [9.17, 15) is 14.4 Å². The van der Waals surface area contributed by atoms with Crippen molar-refractivity contribution >= 4 is 17.7 Å². The summed E-state index contributed by atoms with van der Waals surface area (Å²) in [4.78, 5) is 16.5. The normalized spacial score (nSPS) is 11.6. The van der Waals surface area contributed by atoms with Gasteiger partial charge in [0.25, 0.3) is 0 Å². The van der Waals surface area contributed by atoms with Crippen molar-refractivity contribution in [1.29, 1.82) is 5.26 Å². The van der Waals surface area contributed by atoms with Gasteiger partial charge in [0.15, 0.2) is 0 Å². The molecular weight excluding hydrogens is 325 g/mol. The molecule has 0 fully saturated rings. The molecule has 1 aromatic heterocycles. The Morgan fingerprint density at radius 2 is 2.04 bits per heavy atom. The number of carbonyl (C=O) groups excluding carboxylic acids is 1. The Balaban J connectivity index is 1.99. The largest absolute Gasteiger partial charge is 0.349 e. The van der Waals surface area contributed by atoms with Crippen LogP contribution in [0, 0.1) is 31.0 Å². The van der Waals surface area contributed by atoms with E-state index in [1.807, 2.05) is 26.8 Å². The minimum Gasteiger partial charge on any atom is -0.349 e. The smallest absolute Gasteiger partial charge is 0.230 e. The number of benzene rings is 1. The molecule has 0 aliphatic heterocycles. The third-order valence-electron chi connectivity index (χ3n) is 3.51. The summed E-state index contributed by atoms with van der Waals surface area (Å²) >= 11 is 1.24. The van der Waals surface area contributed by atoms with Crippen LogP contribution >= 0.6 is 11.8 Å². The summed E-state index contributed by atoms with van der Waals surface area (Å²) in [7, 11) is 0. The van der Waals surface area contributed by atoms with Crippen LogP contribution in [0.2, 0.25) is 0 Å². The Labute approximate surface area is 145 Å². The van der Waals surface area contributed by atoms with Crippen molar-refractivity contribution < 1.29 is 9.18 Å². The number of pyridine rings is 1. The lowest BCUT2D eigenvalue weighted by molar-refractivity contribution is -0.119. The molecule has 4 nitrogen and oxygen atoms in total. The first kappa shape index (κ1) is 18.0. The molecule has 0 spiro atoms. The molecule has 0 saturated carbocycles. The minimum atomic E-state index is -0.308. The predicted molar refractivity (Wildman–Crippen MR) is 92.1 cm³/mol. The van der Waals surface area contributed by atoms with Gasteiger partial charge >= 0.3 is 0 Å². The fourth-order valence-electron chi connectivity index (χ4n) is 2.29. The maximum Gasteiger partial charge on any atom is 0.230 e. The molecule has 6 heteroatoms. The number of thioether (sulfide) groups is 1. The Kier molecular flexibility index (Phi) is 5.93. The van der Waals surface area contributed by atoms with Gasteiger partial charge in [0.1, 0.15) is 16.9 Å². The molecule has 2 rings (SSSR count). The van der Waals surface area contributed by atoms with Gasteiger partial charge in [0.2, 0.25) is 5.91 Å². The second kappa shape index (κ2) is 7.93. The first-order chi connectivity index (χ1) is 11.4. The van der Waals surface area contributed by atoms with E-state index >= 15 is 0 Å². The van der Waals surface area contributed by atoms with Crippen molar-refractivity contribution in [2.75, 3.05) is 5.75 Å². The quantitative estimate of drug-likeness (QED) is 0.841. The number of aryl methyl sites for hydroxylation is 2. The summed E-state index contributed by atoms with van der Waals surface area (Å²) in [5.74, 6) is -0.310. The van der Waals surface area contributed by atoms with Gasteiger partial charge in [-0.3, -0.25) is 4.79 Å². The fourth-order valence-corrected chi connectivity index (χ4v) is 3.21. The number of nitrogens with zero attached hydrogens (tertiary/aromatic N) is 2. The lowest BCUT2D eigenvalue weighted by Crippen LogP contribution is -2.28. The van der Waals surface area contributed by atoms with Gasteiger partial charge in [-0.2, -0.15) is 5.26 Å². The van der Waals surface area contributed by atoms with Crippen LogP contribution in [0.25, 0.3) is 0 Å². The van der Waals surface area contributed by atoms with Gasteiger partial charge in [-0.05, 0) is 50.1 Å². The standard InChI is InChI=1S/C18H18FN3OS/c1-11-8-12(2)21-18(16(11)9-20)24-10-17(23)22-13(3)14-4-6-15(19)7-5-14/h4-8,13H,10H2,1-3H3,(H,22,23). The Morgan fingerprint density at radius 1 is 1.38 bits per heavy atom. The topological polar surface area (TPSA) is 65.8 Å². The monoisotopic (exact) mass is 343 g/mol. The molecule has 0 radical (unpaired) electrons. The summed E-state index contributed by atoms with van der Waals surface area (Å²) in [6, 6.07) is 9.79. The van der Waals surface area contributed by atoms with Crippen LogP contribution < -0.4 is 5.32 Å². The highest BCUT2D eigenvalue weighted by Gasteiger charge is 2.13. The van der Waals surface area contributed by atoms with Crippen LogP contribution in [0.1, 0.15) is 35.3 Å². The van der Waals surface area contributed by atoms with Crippen LogP contribution in [0.4, 0.5) is 4.39 Å². The molecular formula is C18H18FN3OS. The number of nitrogens with one attached hydrogen (secondary N) is 1. The predicted octanol–water partition coefficient (Wildman–Crippen LogP) is 3.68. The van der Waals surface area contributed by atoms with Gasteiger partial charge in [-0.15, -0.1) is 0 Å². The molecule has 1 N–H and O–H groups in total.